The highest BCUT2D eigenvalue weighted by atomic mass is 19.1. The van der Waals surface area contributed by atoms with Crippen LogP contribution in [0.4, 0.5) is 4.39 Å². The summed E-state index contributed by atoms with van der Waals surface area (Å²) in [5, 5.41) is 0. The van der Waals surface area contributed by atoms with E-state index in [2.05, 4.69) is 6.92 Å². The number of hydrogen-bond donors (Lipinski definition) is 0. The van der Waals surface area contributed by atoms with E-state index in [1.165, 1.54) is 17.0 Å². The van der Waals surface area contributed by atoms with Gasteiger partial charge in [0.1, 0.15) is 12.4 Å². The number of piperidine rings is 1. The van der Waals surface area contributed by atoms with E-state index >= 15 is 0 Å². The molecule has 2 heterocycles. The van der Waals surface area contributed by atoms with E-state index in [-0.39, 0.29) is 18.4 Å². The minimum atomic E-state index is -0.789. The zero-order valence-corrected chi connectivity index (χ0v) is 14.1. The molecule has 2 unspecified atom stereocenters. The molecule has 2 fully saturated rings. The van der Waals surface area contributed by atoms with Crippen LogP contribution in [-0.4, -0.2) is 54.5 Å². The SMILES string of the molecule is CC1CCN(C(=O)C2OCC(=O)N(C)C2c2cccc(F)c2)CC1. The van der Waals surface area contributed by atoms with Gasteiger partial charge in [0.2, 0.25) is 5.91 Å². The lowest BCUT2D eigenvalue weighted by atomic mass is 9.95. The summed E-state index contributed by atoms with van der Waals surface area (Å²) in [6.45, 7) is 3.46. The Hall–Kier alpha value is -1.95. The van der Waals surface area contributed by atoms with Crippen molar-refractivity contribution in [2.45, 2.75) is 31.9 Å². The van der Waals surface area contributed by atoms with Gasteiger partial charge in [-0.3, -0.25) is 9.59 Å². The van der Waals surface area contributed by atoms with Crippen molar-refractivity contribution in [1.29, 1.82) is 0 Å². The number of ether oxygens (including phenoxy) is 1. The van der Waals surface area contributed by atoms with E-state index in [4.69, 9.17) is 4.74 Å². The monoisotopic (exact) mass is 334 g/mol. The third-order valence-electron chi connectivity index (χ3n) is 5.01. The van der Waals surface area contributed by atoms with Gasteiger partial charge in [-0.25, -0.2) is 4.39 Å². The van der Waals surface area contributed by atoms with E-state index in [9.17, 15) is 14.0 Å². The third kappa shape index (κ3) is 3.29. The van der Waals surface area contributed by atoms with Gasteiger partial charge in [0.05, 0.1) is 6.04 Å². The van der Waals surface area contributed by atoms with E-state index in [0.717, 1.165) is 12.8 Å². The Morgan fingerprint density at radius 1 is 1.29 bits per heavy atom. The van der Waals surface area contributed by atoms with Crippen molar-refractivity contribution >= 4 is 11.8 Å². The molecule has 1 aromatic carbocycles. The molecule has 0 aromatic heterocycles. The number of benzene rings is 1. The van der Waals surface area contributed by atoms with E-state index in [1.54, 1.807) is 24.1 Å². The number of likely N-dealkylation sites (tertiary alicyclic amines) is 1. The van der Waals surface area contributed by atoms with Gasteiger partial charge in [0.25, 0.3) is 5.91 Å². The molecule has 0 N–H and O–H groups in total. The van der Waals surface area contributed by atoms with Crippen molar-refractivity contribution in [2.24, 2.45) is 5.92 Å². The van der Waals surface area contributed by atoms with Gasteiger partial charge in [-0.15, -0.1) is 0 Å². The summed E-state index contributed by atoms with van der Waals surface area (Å²) < 4.78 is 19.2. The molecule has 2 atom stereocenters. The third-order valence-corrected chi connectivity index (χ3v) is 5.01. The molecule has 5 nitrogen and oxygen atoms in total. The zero-order valence-electron chi connectivity index (χ0n) is 14.1. The van der Waals surface area contributed by atoms with Crippen LogP contribution in [0.3, 0.4) is 0 Å². The summed E-state index contributed by atoms with van der Waals surface area (Å²) in [6.07, 6.45) is 1.15. The van der Waals surface area contributed by atoms with Crippen molar-refractivity contribution in [2.75, 3.05) is 26.7 Å². The summed E-state index contributed by atoms with van der Waals surface area (Å²) in [5.41, 5.74) is 0.578. The maximum atomic E-state index is 13.6. The van der Waals surface area contributed by atoms with Crippen LogP contribution in [0.25, 0.3) is 0 Å². The number of rotatable bonds is 2. The quantitative estimate of drug-likeness (QED) is 0.831. The predicted octanol–water partition coefficient (Wildman–Crippen LogP) is 1.98. The topological polar surface area (TPSA) is 49.9 Å². The van der Waals surface area contributed by atoms with Gasteiger partial charge in [-0.1, -0.05) is 19.1 Å². The number of likely N-dealkylation sites (N-methyl/N-ethyl adjacent to an activating group) is 1. The number of morpholine rings is 1. The van der Waals surface area contributed by atoms with E-state index < -0.39 is 18.0 Å². The standard InChI is InChI=1S/C18H23FN2O3/c1-12-6-8-21(9-7-12)18(23)17-16(20(2)15(22)11-24-17)13-4-3-5-14(19)10-13/h3-5,10,12,16-17H,6-9,11H2,1-2H3. The molecule has 3 rings (SSSR count). The number of hydrogen-bond acceptors (Lipinski definition) is 3. The summed E-state index contributed by atoms with van der Waals surface area (Å²) in [6, 6.07) is 5.42. The van der Waals surface area contributed by atoms with Crippen LogP contribution in [0, 0.1) is 11.7 Å². The molecule has 2 aliphatic rings. The Bertz CT molecular complexity index is 628. The zero-order chi connectivity index (χ0) is 17.3. The number of halogens is 1. The molecule has 0 saturated carbocycles. The first-order valence-corrected chi connectivity index (χ1v) is 8.39. The highest BCUT2D eigenvalue weighted by molar-refractivity contribution is 5.86. The Morgan fingerprint density at radius 3 is 2.67 bits per heavy atom. The molecule has 2 amide bonds. The molecule has 0 radical (unpaired) electrons. The molecule has 1 aromatic rings. The van der Waals surface area contributed by atoms with Crippen molar-refractivity contribution in [3.05, 3.63) is 35.6 Å². The second-order valence-corrected chi connectivity index (χ2v) is 6.74. The molecule has 0 aliphatic carbocycles. The number of nitrogens with zero attached hydrogens (tertiary/aromatic N) is 2. The minimum Gasteiger partial charge on any atom is -0.356 e. The van der Waals surface area contributed by atoms with Crippen LogP contribution in [-0.2, 0) is 14.3 Å². The Morgan fingerprint density at radius 2 is 2.00 bits per heavy atom. The fourth-order valence-electron chi connectivity index (χ4n) is 3.42. The van der Waals surface area contributed by atoms with Crippen molar-refractivity contribution in [3.8, 4) is 0 Å². The van der Waals surface area contributed by atoms with Crippen LogP contribution >= 0.6 is 0 Å². The Balaban J connectivity index is 1.86. The molecule has 6 heteroatoms. The van der Waals surface area contributed by atoms with Gasteiger partial charge in [0.15, 0.2) is 6.10 Å². The first kappa shape index (κ1) is 16.9. The van der Waals surface area contributed by atoms with E-state index in [1.807, 2.05) is 0 Å². The molecule has 130 valence electrons. The largest absolute Gasteiger partial charge is 0.356 e. The van der Waals surface area contributed by atoms with Gasteiger partial charge >= 0.3 is 0 Å². The van der Waals surface area contributed by atoms with Gasteiger partial charge in [-0.05, 0) is 36.5 Å². The number of amides is 2. The number of carbonyl (C=O) groups is 2. The van der Waals surface area contributed by atoms with Crippen LogP contribution < -0.4 is 0 Å². The first-order chi connectivity index (χ1) is 11.5. The maximum absolute atomic E-state index is 13.6. The van der Waals surface area contributed by atoms with Gasteiger partial charge < -0.3 is 14.5 Å². The fourth-order valence-corrected chi connectivity index (χ4v) is 3.42. The lowest BCUT2D eigenvalue weighted by molar-refractivity contribution is -0.168. The Labute approximate surface area is 141 Å². The molecule has 24 heavy (non-hydrogen) atoms. The van der Waals surface area contributed by atoms with Crippen LogP contribution in [0.2, 0.25) is 0 Å². The van der Waals surface area contributed by atoms with Crippen LogP contribution in [0.15, 0.2) is 24.3 Å². The predicted molar refractivity (Wildman–Crippen MR) is 86.6 cm³/mol. The molecule has 2 aliphatic heterocycles. The van der Waals surface area contributed by atoms with Crippen molar-refractivity contribution in [1.82, 2.24) is 9.80 Å². The average molecular weight is 334 g/mol. The molecular weight excluding hydrogens is 311 g/mol. The summed E-state index contributed by atoms with van der Waals surface area (Å²) in [7, 11) is 1.64. The Kier molecular flexibility index (Phi) is 4.85. The first-order valence-electron chi connectivity index (χ1n) is 8.39. The molecule has 0 spiro atoms. The molecule has 0 bridgehead atoms. The molecular formula is C18H23FN2O3. The van der Waals surface area contributed by atoms with Gasteiger partial charge in [-0.2, -0.15) is 0 Å². The summed E-state index contributed by atoms with van der Waals surface area (Å²) in [5.74, 6) is -0.0994. The fraction of sp³-hybridized carbons (Fsp3) is 0.556. The lowest BCUT2D eigenvalue weighted by Gasteiger charge is -2.41. The smallest absolute Gasteiger partial charge is 0.254 e. The average Bonchev–Trinajstić information content (AvgIpc) is 2.57. The second-order valence-electron chi connectivity index (χ2n) is 6.74. The van der Waals surface area contributed by atoms with Gasteiger partial charge in [0, 0.05) is 20.1 Å². The highest BCUT2D eigenvalue weighted by Gasteiger charge is 2.42. The normalized spacial score (nSPS) is 25.9. The van der Waals surface area contributed by atoms with E-state index in [0.29, 0.717) is 24.6 Å². The highest BCUT2D eigenvalue weighted by Crippen LogP contribution is 2.31. The van der Waals surface area contributed by atoms with Crippen LogP contribution in [0.5, 0.6) is 0 Å². The van der Waals surface area contributed by atoms with Crippen molar-refractivity contribution in [3.63, 3.8) is 0 Å². The lowest BCUT2D eigenvalue weighted by Crippen LogP contribution is -2.54. The second kappa shape index (κ2) is 6.89. The van der Waals surface area contributed by atoms with Crippen molar-refractivity contribution < 1.29 is 18.7 Å². The minimum absolute atomic E-state index is 0.115. The van der Waals surface area contributed by atoms with Crippen LogP contribution in [0.1, 0.15) is 31.4 Å². The summed E-state index contributed by atoms with van der Waals surface area (Å²) in [4.78, 5) is 28.3. The molecule has 2 saturated heterocycles. The maximum Gasteiger partial charge on any atom is 0.254 e. The summed E-state index contributed by atoms with van der Waals surface area (Å²) >= 11 is 0. The number of carbonyl (C=O) groups excluding carboxylic acids is 2.